The minimum atomic E-state index is -0.954. The van der Waals surface area contributed by atoms with Gasteiger partial charge in [0.1, 0.15) is 6.10 Å². The molecule has 0 unspecified atom stereocenters. The van der Waals surface area contributed by atoms with Crippen LogP contribution in [0.4, 0.5) is 0 Å². The molecule has 0 spiro atoms. The van der Waals surface area contributed by atoms with Crippen LogP contribution in [-0.4, -0.2) is 71.3 Å². The van der Waals surface area contributed by atoms with Gasteiger partial charge in [-0.2, -0.15) is 0 Å². The lowest BCUT2D eigenvalue weighted by atomic mass is 10.4. The summed E-state index contributed by atoms with van der Waals surface area (Å²) in [6, 6.07) is 0. The van der Waals surface area contributed by atoms with Crippen molar-refractivity contribution in [3.63, 3.8) is 0 Å². The molecule has 0 heterocycles. The van der Waals surface area contributed by atoms with Gasteiger partial charge in [-0.3, -0.25) is 0 Å². The Morgan fingerprint density at radius 3 is 1.00 bits per heavy atom. The number of hydrogen-bond acceptors (Lipinski definition) is 6. The molecule has 0 bridgehead atoms. The first kappa shape index (κ1) is 25.6. The quantitative estimate of drug-likeness (QED) is 0.459. The van der Waals surface area contributed by atoms with Crippen LogP contribution in [-0.2, 0) is 4.74 Å². The Kier molecular flexibility index (Phi) is 54.2. The summed E-state index contributed by atoms with van der Waals surface area (Å²) in [5.41, 5.74) is 0. The highest BCUT2D eigenvalue weighted by Crippen LogP contribution is 1.71. The lowest BCUT2D eigenvalue weighted by molar-refractivity contribution is 0.0450. The van der Waals surface area contributed by atoms with Gasteiger partial charge in [0, 0.05) is 26.4 Å². The second-order valence-electron chi connectivity index (χ2n) is 2.43. The van der Waals surface area contributed by atoms with Gasteiger partial charge in [-0.1, -0.05) is 0 Å². The third-order valence-corrected chi connectivity index (χ3v) is 0.830. The van der Waals surface area contributed by atoms with E-state index in [0.29, 0.717) is 0 Å². The molecule has 0 aliphatic rings. The Morgan fingerprint density at radius 1 is 0.765 bits per heavy atom. The Balaban J connectivity index is -0.0000000698. The molecule has 6 nitrogen and oxygen atoms in total. The number of aliphatic hydroxyl groups is 5. The first-order valence-electron chi connectivity index (χ1n) is 5.75. The number of ether oxygens (including phenoxy) is 1. The summed E-state index contributed by atoms with van der Waals surface area (Å²) in [6.45, 7) is 8.80. The fraction of sp³-hybridized carbons (Fsp3) is 1.00. The lowest BCUT2D eigenvalue weighted by Gasteiger charge is -1.96. The molecule has 0 amide bonds. The zero-order chi connectivity index (χ0) is 14.5. The second kappa shape index (κ2) is 36.0. The van der Waals surface area contributed by atoms with Gasteiger partial charge in [0.05, 0.1) is 13.2 Å². The van der Waals surface area contributed by atoms with Crippen LogP contribution >= 0.6 is 0 Å². The summed E-state index contributed by atoms with van der Waals surface area (Å²) >= 11 is 0. The van der Waals surface area contributed by atoms with E-state index in [9.17, 15) is 0 Å². The van der Waals surface area contributed by atoms with E-state index in [-0.39, 0.29) is 26.4 Å². The maximum absolute atomic E-state index is 8.17. The molecule has 110 valence electrons. The predicted octanol–water partition coefficient (Wildman–Crippen LogP) is -0.628. The smallest absolute Gasteiger partial charge is 0.100 e. The van der Waals surface area contributed by atoms with Gasteiger partial charge in [-0.25, -0.2) is 0 Å². The molecule has 0 atom stereocenters. The van der Waals surface area contributed by atoms with Gasteiger partial charge in [0.2, 0.25) is 0 Å². The van der Waals surface area contributed by atoms with Crippen molar-refractivity contribution in [2.45, 2.75) is 33.8 Å². The van der Waals surface area contributed by atoms with Crippen molar-refractivity contribution in [2.24, 2.45) is 0 Å². The van der Waals surface area contributed by atoms with E-state index >= 15 is 0 Å². The standard InChI is InChI=1S/C4H10O.C3H8O3.2C2H6O/c1-3-5-4-2;4-1-3(6)2-5;2*1-2-3/h3-4H2,1-2H3;3-6H,1-2H2;2*3H,2H2,1H3. The normalized spacial score (nSPS) is 8.12. The molecule has 0 aromatic rings. The Bertz CT molecular complexity index is 74.4. The van der Waals surface area contributed by atoms with Crippen molar-refractivity contribution in [1.82, 2.24) is 0 Å². The molecule has 0 radical (unpaired) electrons. The van der Waals surface area contributed by atoms with Gasteiger partial charge >= 0.3 is 0 Å². The molecule has 0 rings (SSSR count). The minimum absolute atomic E-state index is 0.250. The third kappa shape index (κ3) is 89.9. The van der Waals surface area contributed by atoms with Crippen molar-refractivity contribution in [3.8, 4) is 0 Å². The minimum Gasteiger partial charge on any atom is -0.397 e. The Morgan fingerprint density at radius 2 is 1.00 bits per heavy atom. The number of rotatable bonds is 4. The Labute approximate surface area is 104 Å². The summed E-state index contributed by atoms with van der Waals surface area (Å²) in [5, 5.41) is 39.2. The summed E-state index contributed by atoms with van der Waals surface area (Å²) in [7, 11) is 0. The maximum Gasteiger partial charge on any atom is 0.100 e. The van der Waals surface area contributed by atoms with Gasteiger partial charge in [-0.05, 0) is 27.7 Å². The van der Waals surface area contributed by atoms with Crippen LogP contribution in [0.5, 0.6) is 0 Å². The summed E-state index contributed by atoms with van der Waals surface area (Å²) in [4.78, 5) is 0. The summed E-state index contributed by atoms with van der Waals surface area (Å²) in [6.07, 6.45) is -0.954. The first-order chi connectivity index (χ1) is 8.05. The van der Waals surface area contributed by atoms with E-state index in [2.05, 4.69) is 0 Å². The van der Waals surface area contributed by atoms with E-state index < -0.39 is 6.10 Å². The summed E-state index contributed by atoms with van der Waals surface area (Å²) in [5.74, 6) is 0. The van der Waals surface area contributed by atoms with Crippen molar-refractivity contribution in [2.75, 3.05) is 39.6 Å². The van der Waals surface area contributed by atoms with Crippen LogP contribution in [0.15, 0.2) is 0 Å². The van der Waals surface area contributed by atoms with E-state index in [4.69, 9.17) is 30.3 Å². The zero-order valence-corrected chi connectivity index (χ0v) is 11.5. The molecule has 0 aromatic heterocycles. The Hall–Kier alpha value is -0.240. The lowest BCUT2D eigenvalue weighted by Crippen LogP contribution is -2.15. The second-order valence-corrected chi connectivity index (χ2v) is 2.43. The highest BCUT2D eigenvalue weighted by atomic mass is 16.5. The van der Waals surface area contributed by atoms with Gasteiger partial charge < -0.3 is 30.3 Å². The van der Waals surface area contributed by atoms with E-state index in [1.54, 1.807) is 13.8 Å². The van der Waals surface area contributed by atoms with Crippen molar-refractivity contribution in [1.29, 1.82) is 0 Å². The molecule has 0 aliphatic heterocycles. The zero-order valence-electron chi connectivity index (χ0n) is 11.5. The fourth-order valence-corrected chi connectivity index (χ4v) is 0.262. The van der Waals surface area contributed by atoms with Crippen molar-refractivity contribution in [3.05, 3.63) is 0 Å². The van der Waals surface area contributed by atoms with Crippen LogP contribution in [0.2, 0.25) is 0 Å². The highest BCUT2D eigenvalue weighted by Gasteiger charge is 1.93. The van der Waals surface area contributed by atoms with Gasteiger partial charge in [0.25, 0.3) is 0 Å². The topological polar surface area (TPSA) is 110 Å². The third-order valence-electron chi connectivity index (χ3n) is 0.830. The molecule has 17 heavy (non-hydrogen) atoms. The van der Waals surface area contributed by atoms with Crippen LogP contribution in [0, 0.1) is 0 Å². The molecule has 0 fully saturated rings. The average molecular weight is 258 g/mol. The van der Waals surface area contributed by atoms with Crippen LogP contribution < -0.4 is 0 Å². The van der Waals surface area contributed by atoms with Crippen molar-refractivity contribution >= 4 is 0 Å². The molecular weight excluding hydrogens is 228 g/mol. The molecule has 0 aliphatic carbocycles. The highest BCUT2D eigenvalue weighted by molar-refractivity contribution is 4.43. The molecule has 6 heteroatoms. The van der Waals surface area contributed by atoms with E-state index in [0.717, 1.165) is 13.2 Å². The van der Waals surface area contributed by atoms with Crippen molar-refractivity contribution < 1.29 is 30.3 Å². The molecule has 0 aromatic carbocycles. The largest absolute Gasteiger partial charge is 0.397 e. The van der Waals surface area contributed by atoms with Gasteiger partial charge in [-0.15, -0.1) is 0 Å². The fourth-order valence-electron chi connectivity index (χ4n) is 0.262. The number of hydrogen-bond donors (Lipinski definition) is 5. The summed E-state index contributed by atoms with van der Waals surface area (Å²) < 4.78 is 4.83. The molecule has 5 N–H and O–H groups in total. The predicted molar refractivity (Wildman–Crippen MR) is 67.9 cm³/mol. The first-order valence-corrected chi connectivity index (χ1v) is 5.75. The SMILES string of the molecule is CCO.CCO.CCOCC.OCC(O)CO. The number of aliphatic hydroxyl groups excluding tert-OH is 5. The van der Waals surface area contributed by atoms with Crippen LogP contribution in [0.25, 0.3) is 0 Å². The molecular formula is C11H30O6. The van der Waals surface area contributed by atoms with Crippen LogP contribution in [0.1, 0.15) is 27.7 Å². The molecule has 0 saturated heterocycles. The maximum atomic E-state index is 8.17. The average Bonchev–Trinajstić information content (AvgIpc) is 2.32. The van der Waals surface area contributed by atoms with E-state index in [1.807, 2.05) is 13.8 Å². The molecule has 0 saturated carbocycles. The van der Waals surface area contributed by atoms with Gasteiger partial charge in [0.15, 0.2) is 0 Å². The monoisotopic (exact) mass is 258 g/mol. The van der Waals surface area contributed by atoms with E-state index in [1.165, 1.54) is 0 Å². The van der Waals surface area contributed by atoms with Crippen LogP contribution in [0.3, 0.4) is 0 Å².